The number of anilines is 1. The second kappa shape index (κ2) is 5.44. The van der Waals surface area contributed by atoms with Crippen molar-refractivity contribution in [2.75, 3.05) is 11.9 Å². The van der Waals surface area contributed by atoms with Gasteiger partial charge in [-0.3, -0.25) is 0 Å². The molecule has 1 aromatic rings. The van der Waals surface area contributed by atoms with Crippen molar-refractivity contribution in [3.63, 3.8) is 0 Å². The van der Waals surface area contributed by atoms with Gasteiger partial charge in [-0.15, -0.1) is 5.54 Å². The monoisotopic (exact) mass is 227 g/mol. The van der Waals surface area contributed by atoms with Crippen LogP contribution in [-0.2, 0) is 0 Å². The van der Waals surface area contributed by atoms with Crippen LogP contribution in [-0.4, -0.2) is 15.1 Å². The summed E-state index contributed by atoms with van der Waals surface area (Å²) in [6.45, 7) is 6.63. The van der Waals surface area contributed by atoms with Gasteiger partial charge in [0.25, 0.3) is 0 Å². The van der Waals surface area contributed by atoms with Crippen molar-refractivity contribution in [3.8, 4) is 23.4 Å². The molecule has 0 fully saturated rings. The predicted octanol–water partition coefficient (Wildman–Crippen LogP) is 2.96. The van der Waals surface area contributed by atoms with E-state index in [0.29, 0.717) is 0 Å². The first-order valence-electron chi connectivity index (χ1n) is 5.31. The molecule has 82 valence electrons. The van der Waals surface area contributed by atoms with Crippen molar-refractivity contribution in [1.82, 2.24) is 0 Å². The van der Waals surface area contributed by atoms with E-state index in [0.717, 1.165) is 5.69 Å². The van der Waals surface area contributed by atoms with E-state index in [2.05, 4.69) is 43.1 Å². The molecule has 16 heavy (non-hydrogen) atoms. The first-order valence-corrected chi connectivity index (χ1v) is 8.81. The van der Waals surface area contributed by atoms with Crippen LogP contribution < -0.4 is 4.90 Å². The molecule has 0 aliphatic heterocycles. The first-order chi connectivity index (χ1) is 7.49. The van der Waals surface area contributed by atoms with Crippen molar-refractivity contribution in [2.45, 2.75) is 19.6 Å². The second-order valence-corrected chi connectivity index (χ2v) is 9.38. The summed E-state index contributed by atoms with van der Waals surface area (Å²) < 4.78 is 0. The number of para-hydroxylation sites is 1. The Bertz CT molecular complexity index is 449. The summed E-state index contributed by atoms with van der Waals surface area (Å²) in [5, 5.41) is 0. The highest BCUT2D eigenvalue weighted by molar-refractivity contribution is 6.83. The zero-order valence-electron chi connectivity index (χ0n) is 10.3. The van der Waals surface area contributed by atoms with Crippen molar-refractivity contribution in [3.05, 3.63) is 30.3 Å². The second-order valence-electron chi connectivity index (χ2n) is 4.63. The van der Waals surface area contributed by atoms with Gasteiger partial charge < -0.3 is 4.90 Å². The maximum atomic E-state index is 3.22. The Morgan fingerprint density at radius 3 is 2.19 bits per heavy atom. The first kappa shape index (κ1) is 12.4. The van der Waals surface area contributed by atoms with Gasteiger partial charge in [0.1, 0.15) is 8.07 Å². The van der Waals surface area contributed by atoms with Gasteiger partial charge >= 0.3 is 0 Å². The van der Waals surface area contributed by atoms with Gasteiger partial charge in [0.2, 0.25) is 0 Å². The van der Waals surface area contributed by atoms with Gasteiger partial charge in [0.05, 0.1) is 0 Å². The fraction of sp³-hybridized carbons (Fsp3) is 0.286. The summed E-state index contributed by atoms with van der Waals surface area (Å²) in [7, 11) is 0.652. The molecule has 0 saturated heterocycles. The van der Waals surface area contributed by atoms with E-state index in [1.807, 2.05) is 42.3 Å². The number of rotatable bonds is 1. The molecule has 0 N–H and O–H groups in total. The Balaban J connectivity index is 2.69. The summed E-state index contributed by atoms with van der Waals surface area (Å²) in [6.07, 6.45) is 0. The van der Waals surface area contributed by atoms with Gasteiger partial charge in [-0.05, 0) is 18.1 Å². The van der Waals surface area contributed by atoms with Gasteiger partial charge in [-0.25, -0.2) is 0 Å². The summed E-state index contributed by atoms with van der Waals surface area (Å²) in [5.74, 6) is 5.82. The van der Waals surface area contributed by atoms with E-state index < -0.39 is 8.07 Å². The number of benzene rings is 1. The van der Waals surface area contributed by atoms with Crippen LogP contribution >= 0.6 is 0 Å². The van der Waals surface area contributed by atoms with Crippen LogP contribution in [0.5, 0.6) is 0 Å². The minimum absolute atomic E-state index is 1.09. The van der Waals surface area contributed by atoms with Crippen LogP contribution in [0.4, 0.5) is 5.69 Å². The Hall–Kier alpha value is -1.64. The molecular weight excluding hydrogens is 210 g/mol. The van der Waals surface area contributed by atoms with Crippen LogP contribution in [0.2, 0.25) is 19.6 Å². The topological polar surface area (TPSA) is 3.24 Å². The summed E-state index contributed by atoms with van der Waals surface area (Å²) in [6, 6.07) is 13.1. The van der Waals surface area contributed by atoms with E-state index in [9.17, 15) is 0 Å². The number of hydrogen-bond donors (Lipinski definition) is 0. The van der Waals surface area contributed by atoms with Crippen molar-refractivity contribution in [2.24, 2.45) is 0 Å². The molecule has 1 aromatic carbocycles. The Kier molecular flexibility index (Phi) is 4.23. The molecule has 1 nitrogen and oxygen atoms in total. The van der Waals surface area contributed by atoms with Crippen molar-refractivity contribution >= 4 is 13.8 Å². The average Bonchev–Trinajstić information content (AvgIpc) is 2.24. The predicted molar refractivity (Wildman–Crippen MR) is 73.7 cm³/mol. The molecule has 0 aliphatic carbocycles. The van der Waals surface area contributed by atoms with Crippen LogP contribution in [0.25, 0.3) is 0 Å². The van der Waals surface area contributed by atoms with Crippen LogP contribution in [0.1, 0.15) is 0 Å². The lowest BCUT2D eigenvalue weighted by atomic mass is 10.3. The third-order valence-electron chi connectivity index (χ3n) is 1.87. The average molecular weight is 227 g/mol. The molecule has 0 radical (unpaired) electrons. The molecule has 2 heteroatoms. The molecule has 0 saturated carbocycles. The highest BCUT2D eigenvalue weighted by atomic mass is 28.3. The SMILES string of the molecule is CN(C#CC#C[Si](C)(C)C)c1ccccc1. The molecule has 0 aliphatic rings. The summed E-state index contributed by atoms with van der Waals surface area (Å²) >= 11 is 0. The Labute approximate surface area is 99.5 Å². The van der Waals surface area contributed by atoms with E-state index in [1.54, 1.807) is 0 Å². The smallest absolute Gasteiger partial charge is 0.130 e. The Morgan fingerprint density at radius 1 is 1.00 bits per heavy atom. The Morgan fingerprint density at radius 2 is 1.62 bits per heavy atom. The van der Waals surface area contributed by atoms with E-state index in [4.69, 9.17) is 0 Å². The van der Waals surface area contributed by atoms with Crippen molar-refractivity contribution < 1.29 is 0 Å². The van der Waals surface area contributed by atoms with Gasteiger partial charge in [0.15, 0.2) is 0 Å². The lowest BCUT2D eigenvalue weighted by Crippen LogP contribution is -2.16. The molecule has 0 atom stereocenters. The maximum Gasteiger partial charge on any atom is 0.130 e. The molecule has 0 bridgehead atoms. The van der Waals surface area contributed by atoms with Crippen LogP contribution in [0, 0.1) is 23.4 Å². The van der Waals surface area contributed by atoms with E-state index in [-0.39, 0.29) is 0 Å². The van der Waals surface area contributed by atoms with E-state index in [1.165, 1.54) is 0 Å². The fourth-order valence-corrected chi connectivity index (χ4v) is 1.48. The normalized spacial score (nSPS) is 9.50. The molecule has 0 heterocycles. The molecule has 0 aromatic heterocycles. The third kappa shape index (κ3) is 4.73. The fourth-order valence-electron chi connectivity index (χ4n) is 1.05. The third-order valence-corrected chi connectivity index (χ3v) is 2.74. The molecule has 1 rings (SSSR count). The van der Waals surface area contributed by atoms with Gasteiger partial charge in [-0.1, -0.05) is 37.8 Å². The highest BCUT2D eigenvalue weighted by Gasteiger charge is 2.06. The molecule has 0 amide bonds. The largest absolute Gasteiger partial charge is 0.304 e. The molecular formula is C14H17NSi. The molecule has 0 spiro atoms. The van der Waals surface area contributed by atoms with Crippen LogP contribution in [0.15, 0.2) is 30.3 Å². The minimum atomic E-state index is -1.29. The number of nitrogens with zero attached hydrogens (tertiary/aromatic N) is 1. The van der Waals surface area contributed by atoms with Gasteiger partial charge in [0, 0.05) is 24.7 Å². The quantitative estimate of drug-likeness (QED) is 0.405. The zero-order valence-corrected chi connectivity index (χ0v) is 11.3. The standard InChI is InChI=1S/C14H17NSi/c1-15(14-10-6-5-7-11-14)12-8-9-13-16(2,3)4/h5-7,10-11H,1-4H3. The summed E-state index contributed by atoms with van der Waals surface area (Å²) in [4.78, 5) is 1.89. The lowest BCUT2D eigenvalue weighted by Gasteiger charge is -2.09. The summed E-state index contributed by atoms with van der Waals surface area (Å²) in [5.41, 5.74) is 4.31. The highest BCUT2D eigenvalue weighted by Crippen LogP contribution is 2.08. The zero-order chi connectivity index (χ0) is 12.0. The van der Waals surface area contributed by atoms with Crippen molar-refractivity contribution in [1.29, 1.82) is 0 Å². The molecule has 0 unspecified atom stereocenters. The van der Waals surface area contributed by atoms with Crippen LogP contribution in [0.3, 0.4) is 0 Å². The lowest BCUT2D eigenvalue weighted by molar-refractivity contribution is 1.25. The maximum absolute atomic E-state index is 3.22. The minimum Gasteiger partial charge on any atom is -0.304 e. The van der Waals surface area contributed by atoms with Gasteiger partial charge in [-0.2, -0.15) is 0 Å². The number of hydrogen-bond acceptors (Lipinski definition) is 1. The van der Waals surface area contributed by atoms with E-state index >= 15 is 0 Å².